The Balaban J connectivity index is 1.84. The van der Waals surface area contributed by atoms with E-state index in [1.807, 2.05) is 42.6 Å². The lowest BCUT2D eigenvalue weighted by Crippen LogP contribution is -2.38. The molecule has 0 radical (unpaired) electrons. The van der Waals surface area contributed by atoms with Crippen LogP contribution in [0.3, 0.4) is 0 Å². The van der Waals surface area contributed by atoms with Crippen molar-refractivity contribution in [3.63, 3.8) is 0 Å². The van der Waals surface area contributed by atoms with Crippen LogP contribution in [0.4, 0.5) is 0 Å². The molecule has 0 aliphatic heterocycles. The van der Waals surface area contributed by atoms with E-state index in [-0.39, 0.29) is 0 Å². The van der Waals surface area contributed by atoms with Crippen LogP contribution in [0.1, 0.15) is 11.3 Å². The molecule has 0 bridgehead atoms. The molecule has 1 aromatic carbocycles. The molecule has 2 N–H and O–H groups in total. The Labute approximate surface area is 145 Å². The lowest BCUT2D eigenvalue weighted by molar-refractivity contribution is 0.409. The van der Waals surface area contributed by atoms with Gasteiger partial charge in [-0.15, -0.1) is 0 Å². The first-order valence-electron chi connectivity index (χ1n) is 7.39. The van der Waals surface area contributed by atoms with Crippen molar-refractivity contribution in [2.24, 2.45) is 4.99 Å². The zero-order valence-corrected chi connectivity index (χ0v) is 14.9. The maximum Gasteiger partial charge on any atom is 0.191 e. The Bertz CT molecular complexity index is 646. The summed E-state index contributed by atoms with van der Waals surface area (Å²) in [5, 5.41) is 6.58. The van der Waals surface area contributed by atoms with Crippen molar-refractivity contribution in [2.45, 2.75) is 13.0 Å². The second kappa shape index (κ2) is 9.15. The standard InChI is InChI=1S/C17H21BrN4O/c1-19-17(21-10-8-15-5-3-4-9-20-15)22-12-13-11-14(18)6-7-16(13)23-2/h3-7,9,11H,8,10,12H2,1-2H3,(H2,19,21,22). The first-order chi connectivity index (χ1) is 11.2. The summed E-state index contributed by atoms with van der Waals surface area (Å²) in [6.45, 7) is 1.40. The van der Waals surface area contributed by atoms with Gasteiger partial charge in [0, 0.05) is 48.5 Å². The number of halogens is 1. The smallest absolute Gasteiger partial charge is 0.191 e. The van der Waals surface area contributed by atoms with E-state index in [2.05, 4.69) is 36.5 Å². The number of guanidine groups is 1. The Morgan fingerprint density at radius 1 is 1.26 bits per heavy atom. The molecule has 2 aromatic rings. The van der Waals surface area contributed by atoms with E-state index in [0.717, 1.165) is 40.4 Å². The van der Waals surface area contributed by atoms with Gasteiger partial charge in [-0.3, -0.25) is 9.98 Å². The molecule has 1 heterocycles. The van der Waals surface area contributed by atoms with E-state index in [1.165, 1.54) is 0 Å². The minimum absolute atomic E-state index is 0.631. The number of hydrogen-bond donors (Lipinski definition) is 2. The van der Waals surface area contributed by atoms with Gasteiger partial charge < -0.3 is 15.4 Å². The molecular weight excluding hydrogens is 356 g/mol. The van der Waals surface area contributed by atoms with E-state index in [1.54, 1.807) is 14.2 Å². The quantitative estimate of drug-likeness (QED) is 0.601. The second-order valence-corrected chi connectivity index (χ2v) is 5.80. The summed E-state index contributed by atoms with van der Waals surface area (Å²) in [5.41, 5.74) is 2.12. The molecular formula is C17H21BrN4O. The molecule has 0 atom stereocenters. The van der Waals surface area contributed by atoms with Crippen LogP contribution >= 0.6 is 15.9 Å². The first kappa shape index (κ1) is 17.3. The summed E-state index contributed by atoms with van der Waals surface area (Å²) in [4.78, 5) is 8.54. The SMILES string of the molecule is CN=C(NCCc1ccccn1)NCc1cc(Br)ccc1OC. The highest BCUT2D eigenvalue weighted by Gasteiger charge is 2.05. The van der Waals surface area contributed by atoms with E-state index in [9.17, 15) is 0 Å². The van der Waals surface area contributed by atoms with Gasteiger partial charge in [-0.2, -0.15) is 0 Å². The number of rotatable bonds is 6. The molecule has 0 aliphatic rings. The van der Waals surface area contributed by atoms with Gasteiger partial charge >= 0.3 is 0 Å². The number of aromatic nitrogens is 1. The highest BCUT2D eigenvalue weighted by molar-refractivity contribution is 9.10. The van der Waals surface area contributed by atoms with Crippen molar-refractivity contribution in [3.05, 3.63) is 58.3 Å². The molecule has 122 valence electrons. The van der Waals surface area contributed by atoms with Crippen molar-refractivity contribution >= 4 is 21.9 Å². The van der Waals surface area contributed by atoms with Gasteiger partial charge in [-0.05, 0) is 30.3 Å². The van der Waals surface area contributed by atoms with Crippen LogP contribution in [-0.2, 0) is 13.0 Å². The number of benzene rings is 1. The highest BCUT2D eigenvalue weighted by Crippen LogP contribution is 2.22. The lowest BCUT2D eigenvalue weighted by Gasteiger charge is -2.14. The molecule has 0 amide bonds. The zero-order chi connectivity index (χ0) is 16.5. The fraction of sp³-hybridized carbons (Fsp3) is 0.294. The topological polar surface area (TPSA) is 58.5 Å². The molecule has 0 spiro atoms. The van der Waals surface area contributed by atoms with Crippen LogP contribution in [0.5, 0.6) is 5.75 Å². The van der Waals surface area contributed by atoms with Crippen LogP contribution in [0.2, 0.25) is 0 Å². The largest absolute Gasteiger partial charge is 0.496 e. The molecule has 0 saturated heterocycles. The average molecular weight is 377 g/mol. The van der Waals surface area contributed by atoms with Gasteiger partial charge in [0.15, 0.2) is 5.96 Å². The monoisotopic (exact) mass is 376 g/mol. The van der Waals surface area contributed by atoms with Crippen LogP contribution in [-0.4, -0.2) is 31.6 Å². The summed E-state index contributed by atoms with van der Waals surface area (Å²) in [6.07, 6.45) is 2.66. The first-order valence-corrected chi connectivity index (χ1v) is 8.19. The maximum absolute atomic E-state index is 5.38. The van der Waals surface area contributed by atoms with E-state index < -0.39 is 0 Å². The molecule has 0 unspecified atom stereocenters. The normalized spacial score (nSPS) is 11.2. The predicted molar refractivity (Wildman–Crippen MR) is 96.8 cm³/mol. The Kier molecular flexibility index (Phi) is 6.87. The van der Waals surface area contributed by atoms with Gasteiger partial charge in [-0.1, -0.05) is 22.0 Å². The number of aliphatic imine (C=N–C) groups is 1. The van der Waals surface area contributed by atoms with Crippen molar-refractivity contribution < 1.29 is 4.74 Å². The summed E-state index contributed by atoms with van der Waals surface area (Å²) >= 11 is 3.48. The van der Waals surface area contributed by atoms with Gasteiger partial charge in [0.2, 0.25) is 0 Å². The van der Waals surface area contributed by atoms with Gasteiger partial charge in [0.25, 0.3) is 0 Å². The number of nitrogens with zero attached hydrogens (tertiary/aromatic N) is 2. The maximum atomic E-state index is 5.38. The van der Waals surface area contributed by atoms with E-state index in [4.69, 9.17) is 4.74 Å². The number of pyridine rings is 1. The fourth-order valence-corrected chi connectivity index (χ4v) is 2.55. The van der Waals surface area contributed by atoms with Gasteiger partial charge in [0.05, 0.1) is 7.11 Å². The molecule has 23 heavy (non-hydrogen) atoms. The number of methoxy groups -OCH3 is 1. The van der Waals surface area contributed by atoms with Gasteiger partial charge in [-0.25, -0.2) is 0 Å². The van der Waals surface area contributed by atoms with Crippen LogP contribution in [0, 0.1) is 0 Å². The average Bonchev–Trinajstić information content (AvgIpc) is 2.59. The van der Waals surface area contributed by atoms with Crippen LogP contribution in [0.15, 0.2) is 52.1 Å². The minimum Gasteiger partial charge on any atom is -0.496 e. The van der Waals surface area contributed by atoms with Crippen LogP contribution in [0.25, 0.3) is 0 Å². The molecule has 6 heteroatoms. The lowest BCUT2D eigenvalue weighted by atomic mass is 10.2. The zero-order valence-electron chi connectivity index (χ0n) is 13.3. The summed E-state index contributed by atoms with van der Waals surface area (Å²) in [5.74, 6) is 1.60. The third kappa shape index (κ3) is 5.56. The third-order valence-corrected chi connectivity index (χ3v) is 3.81. The van der Waals surface area contributed by atoms with Gasteiger partial charge in [0.1, 0.15) is 5.75 Å². The molecule has 0 saturated carbocycles. The van der Waals surface area contributed by atoms with E-state index >= 15 is 0 Å². The number of hydrogen-bond acceptors (Lipinski definition) is 3. The molecule has 0 fully saturated rings. The predicted octanol–water partition coefficient (Wildman–Crippen LogP) is 2.76. The Morgan fingerprint density at radius 2 is 2.13 bits per heavy atom. The Hall–Kier alpha value is -2.08. The van der Waals surface area contributed by atoms with Crippen molar-refractivity contribution in [1.82, 2.24) is 15.6 Å². The van der Waals surface area contributed by atoms with Crippen molar-refractivity contribution in [1.29, 1.82) is 0 Å². The molecule has 1 aromatic heterocycles. The summed E-state index contributed by atoms with van der Waals surface area (Å²) < 4.78 is 6.40. The van der Waals surface area contributed by atoms with Crippen LogP contribution < -0.4 is 15.4 Å². The summed E-state index contributed by atoms with van der Waals surface area (Å²) in [7, 11) is 3.43. The molecule has 0 aliphatic carbocycles. The van der Waals surface area contributed by atoms with Crippen molar-refractivity contribution in [2.75, 3.05) is 20.7 Å². The van der Waals surface area contributed by atoms with E-state index in [0.29, 0.717) is 6.54 Å². The fourth-order valence-electron chi connectivity index (χ4n) is 2.14. The number of nitrogens with one attached hydrogen (secondary N) is 2. The molecule has 2 rings (SSSR count). The highest BCUT2D eigenvalue weighted by atomic mass is 79.9. The second-order valence-electron chi connectivity index (χ2n) is 4.88. The molecule has 5 nitrogen and oxygen atoms in total. The van der Waals surface area contributed by atoms with Crippen molar-refractivity contribution in [3.8, 4) is 5.75 Å². The third-order valence-electron chi connectivity index (χ3n) is 3.31. The Morgan fingerprint density at radius 3 is 2.83 bits per heavy atom. The summed E-state index contributed by atoms with van der Waals surface area (Å²) in [6, 6.07) is 11.9. The minimum atomic E-state index is 0.631. The number of ether oxygens (including phenoxy) is 1.